The number of rotatable bonds is 5. The number of ether oxygens (including phenoxy) is 2. The molecular weight excluding hydrogens is 466 g/mol. The number of anilines is 1. The van der Waals surface area contributed by atoms with Crippen molar-refractivity contribution in [2.75, 3.05) is 25.7 Å². The van der Waals surface area contributed by atoms with Crippen molar-refractivity contribution in [3.63, 3.8) is 0 Å². The first-order valence-electron chi connectivity index (χ1n) is 12.5. The summed E-state index contributed by atoms with van der Waals surface area (Å²) in [4.78, 5) is 34.3. The van der Waals surface area contributed by atoms with Gasteiger partial charge in [-0.3, -0.25) is 14.5 Å². The number of H-pyrrole nitrogens is 1. The molecule has 2 aliphatic heterocycles. The van der Waals surface area contributed by atoms with Crippen LogP contribution in [-0.2, 0) is 9.59 Å². The molecule has 3 heterocycles. The highest BCUT2D eigenvalue weighted by atomic mass is 16.5. The van der Waals surface area contributed by atoms with Gasteiger partial charge in [0.1, 0.15) is 11.5 Å². The van der Waals surface area contributed by atoms with Crippen LogP contribution in [0.1, 0.15) is 42.1 Å². The van der Waals surface area contributed by atoms with E-state index in [1.165, 1.54) is 28.5 Å². The van der Waals surface area contributed by atoms with Crippen molar-refractivity contribution in [1.82, 2.24) is 9.88 Å². The van der Waals surface area contributed by atoms with Crippen molar-refractivity contribution >= 4 is 28.4 Å². The lowest BCUT2D eigenvalue weighted by Crippen LogP contribution is -2.47. The summed E-state index contributed by atoms with van der Waals surface area (Å²) in [5, 5.41) is 1.20. The molecule has 7 nitrogen and oxygen atoms in total. The lowest BCUT2D eigenvalue weighted by molar-refractivity contribution is -0.123. The van der Waals surface area contributed by atoms with Gasteiger partial charge in [0, 0.05) is 41.2 Å². The SMILES string of the molecule is COc1ccc(N2C(=O)CC(N3CC(c4ccccc4)c4c([nH]c5ccccc45)C3C)C2=O)c(OC)c1. The molecule has 1 saturated heterocycles. The average molecular weight is 496 g/mol. The Kier molecular flexibility index (Phi) is 5.72. The smallest absolute Gasteiger partial charge is 0.251 e. The van der Waals surface area contributed by atoms with Crippen LogP contribution < -0.4 is 14.4 Å². The van der Waals surface area contributed by atoms with Crippen LogP contribution in [0.15, 0.2) is 72.8 Å². The molecule has 0 saturated carbocycles. The molecule has 2 aliphatic rings. The molecule has 1 fully saturated rings. The standard InChI is InChI=1S/C30H29N3O4/c1-18-29-28(21-11-7-8-12-23(21)31-29)22(19-9-5-4-6-10-19)17-32(18)25-16-27(34)33(30(25)35)24-14-13-20(36-2)15-26(24)37-3/h4-15,18,22,25,31H,16-17H2,1-3H3. The van der Waals surface area contributed by atoms with Crippen LogP contribution in [-0.4, -0.2) is 48.5 Å². The Bertz CT molecular complexity index is 1500. The highest BCUT2D eigenvalue weighted by molar-refractivity contribution is 6.23. The van der Waals surface area contributed by atoms with E-state index in [2.05, 4.69) is 47.1 Å². The highest BCUT2D eigenvalue weighted by Gasteiger charge is 2.48. The fourth-order valence-electron chi connectivity index (χ4n) is 5.97. The normalized spacial score (nSPS) is 21.9. The maximum Gasteiger partial charge on any atom is 0.251 e. The van der Waals surface area contributed by atoms with Crippen molar-refractivity contribution in [3.8, 4) is 11.5 Å². The summed E-state index contributed by atoms with van der Waals surface area (Å²) in [6.07, 6.45) is 0.120. The summed E-state index contributed by atoms with van der Waals surface area (Å²) < 4.78 is 10.8. The number of aromatic nitrogens is 1. The third-order valence-corrected chi connectivity index (χ3v) is 7.79. The minimum absolute atomic E-state index is 0.0658. The number of carbonyl (C=O) groups excluding carboxylic acids is 2. The van der Waals surface area contributed by atoms with Crippen molar-refractivity contribution in [2.45, 2.75) is 31.3 Å². The molecule has 1 aromatic heterocycles. The number of hydrogen-bond acceptors (Lipinski definition) is 5. The molecule has 3 aromatic carbocycles. The third kappa shape index (κ3) is 3.69. The Balaban J connectivity index is 1.41. The Morgan fingerprint density at radius 1 is 0.919 bits per heavy atom. The molecule has 0 spiro atoms. The number of amides is 2. The van der Waals surface area contributed by atoms with Gasteiger partial charge in [0.2, 0.25) is 5.91 Å². The Hall–Kier alpha value is -4.10. The zero-order valence-electron chi connectivity index (χ0n) is 21.1. The zero-order chi connectivity index (χ0) is 25.7. The maximum absolute atomic E-state index is 13.9. The molecule has 188 valence electrons. The van der Waals surface area contributed by atoms with E-state index in [1.807, 2.05) is 24.3 Å². The Morgan fingerprint density at radius 2 is 1.68 bits per heavy atom. The van der Waals surface area contributed by atoms with E-state index in [9.17, 15) is 9.59 Å². The number of carbonyl (C=O) groups is 2. The predicted octanol–water partition coefficient (Wildman–Crippen LogP) is 5.03. The van der Waals surface area contributed by atoms with Gasteiger partial charge in [-0.1, -0.05) is 48.5 Å². The molecule has 0 radical (unpaired) electrons. The van der Waals surface area contributed by atoms with E-state index < -0.39 is 6.04 Å². The Morgan fingerprint density at radius 3 is 2.43 bits per heavy atom. The second-order valence-electron chi connectivity index (χ2n) is 9.66. The quantitative estimate of drug-likeness (QED) is 0.393. The van der Waals surface area contributed by atoms with Crippen molar-refractivity contribution in [1.29, 1.82) is 0 Å². The van der Waals surface area contributed by atoms with Crippen LogP contribution in [0.5, 0.6) is 11.5 Å². The van der Waals surface area contributed by atoms with Gasteiger partial charge in [-0.15, -0.1) is 0 Å². The van der Waals surface area contributed by atoms with Crippen molar-refractivity contribution < 1.29 is 19.1 Å². The number of para-hydroxylation sites is 1. The number of fused-ring (bicyclic) bond motifs is 3. The molecular formula is C30H29N3O4. The first kappa shape index (κ1) is 23.3. The maximum atomic E-state index is 13.9. The summed E-state index contributed by atoms with van der Waals surface area (Å²) in [6, 6.07) is 23.2. The van der Waals surface area contributed by atoms with Crippen LogP contribution in [0.25, 0.3) is 10.9 Å². The topological polar surface area (TPSA) is 74.9 Å². The molecule has 0 aliphatic carbocycles. The molecule has 3 unspecified atom stereocenters. The minimum atomic E-state index is -0.569. The zero-order valence-corrected chi connectivity index (χ0v) is 21.1. The minimum Gasteiger partial charge on any atom is -0.497 e. The number of benzene rings is 3. The number of nitrogens with zero attached hydrogens (tertiary/aromatic N) is 2. The fraction of sp³-hybridized carbons (Fsp3) is 0.267. The van der Waals surface area contributed by atoms with Crippen LogP contribution in [0.3, 0.4) is 0 Å². The fourth-order valence-corrected chi connectivity index (χ4v) is 5.97. The number of imide groups is 1. The van der Waals surface area contributed by atoms with Gasteiger partial charge < -0.3 is 14.5 Å². The van der Waals surface area contributed by atoms with Crippen molar-refractivity contribution in [3.05, 3.63) is 89.6 Å². The number of aromatic amines is 1. The lowest BCUT2D eigenvalue weighted by Gasteiger charge is -2.41. The van der Waals surface area contributed by atoms with E-state index in [0.29, 0.717) is 23.7 Å². The molecule has 0 bridgehead atoms. The van der Waals surface area contributed by atoms with Crippen LogP contribution in [0.4, 0.5) is 5.69 Å². The van der Waals surface area contributed by atoms with Crippen LogP contribution >= 0.6 is 0 Å². The van der Waals surface area contributed by atoms with Gasteiger partial charge in [0.05, 0.1) is 32.4 Å². The number of hydrogen-bond donors (Lipinski definition) is 1. The molecule has 2 amide bonds. The van der Waals surface area contributed by atoms with Gasteiger partial charge in [0.15, 0.2) is 0 Å². The second-order valence-corrected chi connectivity index (χ2v) is 9.66. The summed E-state index contributed by atoms with van der Waals surface area (Å²) in [6.45, 7) is 2.75. The van der Waals surface area contributed by atoms with Crippen molar-refractivity contribution in [2.24, 2.45) is 0 Å². The van der Waals surface area contributed by atoms with E-state index in [0.717, 1.165) is 11.2 Å². The molecule has 4 aromatic rings. The van der Waals surface area contributed by atoms with Gasteiger partial charge in [-0.25, -0.2) is 4.90 Å². The summed E-state index contributed by atoms with van der Waals surface area (Å²) in [5.41, 5.74) is 5.09. The summed E-state index contributed by atoms with van der Waals surface area (Å²) in [7, 11) is 3.09. The molecule has 7 heteroatoms. The number of methoxy groups -OCH3 is 2. The number of nitrogens with one attached hydrogen (secondary N) is 1. The lowest BCUT2D eigenvalue weighted by atomic mass is 9.83. The second kappa shape index (κ2) is 9.09. The highest BCUT2D eigenvalue weighted by Crippen LogP contribution is 2.45. The first-order valence-corrected chi connectivity index (χ1v) is 12.5. The average Bonchev–Trinajstić information content (AvgIpc) is 3.46. The summed E-state index contributed by atoms with van der Waals surface area (Å²) >= 11 is 0. The van der Waals surface area contributed by atoms with Gasteiger partial charge in [0.25, 0.3) is 5.91 Å². The van der Waals surface area contributed by atoms with E-state index in [4.69, 9.17) is 9.47 Å². The van der Waals surface area contributed by atoms with Gasteiger partial charge in [-0.05, 0) is 36.2 Å². The third-order valence-electron chi connectivity index (χ3n) is 7.79. The molecule has 1 N–H and O–H groups in total. The largest absolute Gasteiger partial charge is 0.497 e. The van der Waals surface area contributed by atoms with E-state index in [-0.39, 0.29) is 30.2 Å². The Labute approximate surface area is 215 Å². The summed E-state index contributed by atoms with van der Waals surface area (Å²) in [5.74, 6) is 0.624. The predicted molar refractivity (Wildman–Crippen MR) is 142 cm³/mol. The van der Waals surface area contributed by atoms with E-state index in [1.54, 1.807) is 25.3 Å². The van der Waals surface area contributed by atoms with E-state index >= 15 is 0 Å². The van der Waals surface area contributed by atoms with Gasteiger partial charge in [-0.2, -0.15) is 0 Å². The monoisotopic (exact) mass is 495 g/mol. The molecule has 6 rings (SSSR count). The van der Waals surface area contributed by atoms with Crippen LogP contribution in [0, 0.1) is 0 Å². The molecule has 3 atom stereocenters. The van der Waals surface area contributed by atoms with Crippen LogP contribution in [0.2, 0.25) is 0 Å². The molecule has 37 heavy (non-hydrogen) atoms. The van der Waals surface area contributed by atoms with Gasteiger partial charge >= 0.3 is 0 Å². The first-order chi connectivity index (χ1) is 18.0.